The molecule has 6 heteroatoms. The summed E-state index contributed by atoms with van der Waals surface area (Å²) in [6.45, 7) is 4.37. The van der Waals surface area contributed by atoms with Crippen LogP contribution in [-0.4, -0.2) is 45.9 Å². The highest BCUT2D eigenvalue weighted by molar-refractivity contribution is 6.30. The molecular weight excluding hydrogens is 324 g/mol. The van der Waals surface area contributed by atoms with Gasteiger partial charge in [-0.05, 0) is 49.9 Å². The van der Waals surface area contributed by atoms with Gasteiger partial charge in [-0.25, -0.2) is 4.79 Å². The van der Waals surface area contributed by atoms with Crippen molar-refractivity contribution in [1.29, 1.82) is 0 Å². The first kappa shape index (κ1) is 15.7. The van der Waals surface area contributed by atoms with Crippen LogP contribution < -0.4 is 5.32 Å². The van der Waals surface area contributed by atoms with Crippen molar-refractivity contribution in [2.24, 2.45) is 5.92 Å². The molecule has 1 aromatic carbocycles. The highest BCUT2D eigenvalue weighted by Crippen LogP contribution is 2.32. The maximum absolute atomic E-state index is 12.5. The van der Waals surface area contributed by atoms with Crippen LogP contribution in [0.3, 0.4) is 0 Å². The average molecular weight is 345 g/mol. The second kappa shape index (κ2) is 6.22. The molecular formula is C18H21ClN4O. The fourth-order valence-electron chi connectivity index (χ4n) is 3.91. The van der Waals surface area contributed by atoms with E-state index in [0.717, 1.165) is 24.2 Å². The Bertz CT molecular complexity index is 742. The molecule has 3 aliphatic rings. The largest absolute Gasteiger partial charge is 0.342 e. The van der Waals surface area contributed by atoms with Crippen molar-refractivity contribution in [3.05, 3.63) is 41.7 Å². The Kier molecular flexibility index (Phi) is 4.06. The number of fused-ring (bicyclic) bond motifs is 3. The number of hydrogen-bond acceptors (Lipinski definition) is 3. The molecule has 1 N–H and O–H groups in total. The number of benzene rings is 1. The first-order valence-electron chi connectivity index (χ1n) is 8.45. The topological polar surface area (TPSA) is 50.2 Å². The Morgan fingerprint density at radius 2 is 2.08 bits per heavy atom. The fourth-order valence-corrected chi connectivity index (χ4v) is 4.04. The molecule has 0 saturated carbocycles. The number of rotatable bonds is 2. The van der Waals surface area contributed by atoms with E-state index in [-0.39, 0.29) is 12.1 Å². The molecule has 126 valence electrons. The molecule has 1 aromatic heterocycles. The van der Waals surface area contributed by atoms with E-state index >= 15 is 0 Å². The van der Waals surface area contributed by atoms with Crippen LogP contribution in [0.25, 0.3) is 11.1 Å². The van der Waals surface area contributed by atoms with E-state index in [0.29, 0.717) is 17.0 Å². The zero-order chi connectivity index (χ0) is 16.7. The van der Waals surface area contributed by atoms with Crippen LogP contribution in [0.2, 0.25) is 5.02 Å². The number of nitrogens with zero attached hydrogens (tertiary/aromatic N) is 3. The van der Waals surface area contributed by atoms with Crippen LogP contribution >= 0.6 is 11.6 Å². The van der Waals surface area contributed by atoms with Crippen LogP contribution in [0, 0.1) is 5.92 Å². The van der Waals surface area contributed by atoms with E-state index in [1.54, 1.807) is 12.4 Å². The van der Waals surface area contributed by atoms with Gasteiger partial charge in [0, 0.05) is 35.4 Å². The van der Waals surface area contributed by atoms with E-state index in [4.69, 9.17) is 11.6 Å². The molecule has 2 aromatic rings. The quantitative estimate of drug-likeness (QED) is 0.909. The van der Waals surface area contributed by atoms with E-state index in [1.165, 1.54) is 17.5 Å². The summed E-state index contributed by atoms with van der Waals surface area (Å²) >= 11 is 5.92. The maximum atomic E-state index is 12.5. The predicted octanol–water partition coefficient (Wildman–Crippen LogP) is 3.24. The van der Waals surface area contributed by atoms with Gasteiger partial charge in [0.25, 0.3) is 0 Å². The van der Waals surface area contributed by atoms with Crippen molar-refractivity contribution in [3.8, 4) is 11.1 Å². The molecule has 0 radical (unpaired) electrons. The molecule has 24 heavy (non-hydrogen) atoms. The van der Waals surface area contributed by atoms with Gasteiger partial charge in [0.15, 0.2) is 0 Å². The Hall–Kier alpha value is -1.85. The summed E-state index contributed by atoms with van der Waals surface area (Å²) in [6, 6.07) is 8.24. The third-order valence-corrected chi connectivity index (χ3v) is 5.58. The molecule has 3 fully saturated rings. The van der Waals surface area contributed by atoms with Gasteiger partial charge in [0.1, 0.15) is 0 Å². The minimum Gasteiger partial charge on any atom is -0.332 e. The van der Waals surface area contributed by atoms with E-state index in [2.05, 4.69) is 22.2 Å². The SMILES string of the molecule is CC1CC2CCN1C[C@@H]2NC(=O)n1cc(-c2ccc(Cl)cc2)cn1. The number of carbonyl (C=O) groups excluding carboxylic acids is 1. The summed E-state index contributed by atoms with van der Waals surface area (Å²) < 4.78 is 1.39. The van der Waals surface area contributed by atoms with Crippen molar-refractivity contribution >= 4 is 17.6 Å². The number of amides is 1. The molecule has 4 atom stereocenters. The van der Waals surface area contributed by atoms with Gasteiger partial charge in [-0.3, -0.25) is 4.90 Å². The first-order valence-corrected chi connectivity index (χ1v) is 8.83. The van der Waals surface area contributed by atoms with Gasteiger partial charge in [0.05, 0.1) is 6.20 Å². The van der Waals surface area contributed by atoms with Crippen LogP contribution in [0.4, 0.5) is 4.79 Å². The Morgan fingerprint density at radius 1 is 1.29 bits per heavy atom. The number of carbonyl (C=O) groups is 1. The van der Waals surface area contributed by atoms with Crippen LogP contribution in [0.5, 0.6) is 0 Å². The standard InChI is InChI=1S/C18H21ClN4O/c1-12-8-14-6-7-22(12)11-17(14)21-18(24)23-10-15(9-20-23)13-2-4-16(19)5-3-13/h2-5,9-10,12,14,17H,6-8,11H2,1H3,(H,21,24)/t12?,14?,17-/m0/s1. The normalized spacial score (nSPS) is 28.8. The molecule has 1 amide bonds. The van der Waals surface area contributed by atoms with Crippen molar-refractivity contribution < 1.29 is 4.79 Å². The minimum absolute atomic E-state index is 0.151. The lowest BCUT2D eigenvalue weighted by molar-refractivity contribution is 0.0321. The average Bonchev–Trinajstić information content (AvgIpc) is 3.07. The molecule has 3 saturated heterocycles. The molecule has 3 aliphatic heterocycles. The van der Waals surface area contributed by atoms with E-state index in [1.807, 2.05) is 24.3 Å². The smallest absolute Gasteiger partial charge is 0.332 e. The maximum Gasteiger partial charge on any atom is 0.342 e. The summed E-state index contributed by atoms with van der Waals surface area (Å²) in [4.78, 5) is 15.0. The Balaban J connectivity index is 1.45. The molecule has 4 heterocycles. The lowest BCUT2D eigenvalue weighted by Crippen LogP contribution is -2.60. The van der Waals surface area contributed by atoms with Gasteiger partial charge in [-0.1, -0.05) is 23.7 Å². The van der Waals surface area contributed by atoms with E-state index < -0.39 is 0 Å². The number of piperidine rings is 3. The Morgan fingerprint density at radius 3 is 2.75 bits per heavy atom. The first-order chi connectivity index (χ1) is 11.6. The van der Waals surface area contributed by atoms with Gasteiger partial charge in [-0.2, -0.15) is 9.78 Å². The highest BCUT2D eigenvalue weighted by atomic mass is 35.5. The third kappa shape index (κ3) is 2.94. The summed E-state index contributed by atoms with van der Waals surface area (Å²) in [6.07, 6.45) is 5.81. The van der Waals surface area contributed by atoms with Gasteiger partial charge >= 0.3 is 6.03 Å². The zero-order valence-corrected chi connectivity index (χ0v) is 14.4. The third-order valence-electron chi connectivity index (χ3n) is 5.33. The van der Waals surface area contributed by atoms with Crippen molar-refractivity contribution in [2.45, 2.75) is 31.8 Å². The molecule has 0 aliphatic carbocycles. The zero-order valence-electron chi connectivity index (χ0n) is 13.7. The number of halogens is 1. The lowest BCUT2D eigenvalue weighted by atomic mass is 9.80. The molecule has 3 unspecified atom stereocenters. The summed E-state index contributed by atoms with van der Waals surface area (Å²) in [5, 5.41) is 8.07. The number of aromatic nitrogens is 2. The monoisotopic (exact) mass is 344 g/mol. The molecule has 0 spiro atoms. The minimum atomic E-state index is -0.151. The lowest BCUT2D eigenvalue weighted by Gasteiger charge is -2.48. The Labute approximate surface area is 146 Å². The number of hydrogen-bond donors (Lipinski definition) is 1. The summed E-state index contributed by atoms with van der Waals surface area (Å²) in [5.41, 5.74) is 1.90. The van der Waals surface area contributed by atoms with E-state index in [9.17, 15) is 4.79 Å². The summed E-state index contributed by atoms with van der Waals surface area (Å²) in [5.74, 6) is 0.584. The van der Waals surface area contributed by atoms with Crippen LogP contribution in [0.15, 0.2) is 36.7 Å². The fraction of sp³-hybridized carbons (Fsp3) is 0.444. The molecule has 5 nitrogen and oxygen atoms in total. The van der Waals surface area contributed by atoms with Crippen molar-refractivity contribution in [2.75, 3.05) is 13.1 Å². The molecule has 2 bridgehead atoms. The van der Waals surface area contributed by atoms with Crippen LogP contribution in [0.1, 0.15) is 19.8 Å². The predicted molar refractivity (Wildman–Crippen MR) is 94.1 cm³/mol. The van der Waals surface area contributed by atoms with Gasteiger partial charge in [0.2, 0.25) is 0 Å². The van der Waals surface area contributed by atoms with Crippen LogP contribution in [-0.2, 0) is 0 Å². The van der Waals surface area contributed by atoms with Crippen molar-refractivity contribution in [3.63, 3.8) is 0 Å². The van der Waals surface area contributed by atoms with Gasteiger partial charge in [-0.15, -0.1) is 0 Å². The number of nitrogens with one attached hydrogen (secondary N) is 1. The van der Waals surface area contributed by atoms with Crippen molar-refractivity contribution in [1.82, 2.24) is 20.0 Å². The second-order valence-electron chi connectivity index (χ2n) is 6.86. The second-order valence-corrected chi connectivity index (χ2v) is 7.30. The van der Waals surface area contributed by atoms with Gasteiger partial charge < -0.3 is 5.32 Å². The summed E-state index contributed by atoms with van der Waals surface area (Å²) in [7, 11) is 0. The molecule has 5 rings (SSSR count). The highest BCUT2D eigenvalue weighted by Gasteiger charge is 2.38.